The van der Waals surface area contributed by atoms with Crippen molar-refractivity contribution in [2.75, 3.05) is 53.9 Å². The summed E-state index contributed by atoms with van der Waals surface area (Å²) in [5.41, 5.74) is 18.3. The summed E-state index contributed by atoms with van der Waals surface area (Å²) in [5, 5.41) is 8.92. The van der Waals surface area contributed by atoms with Crippen LogP contribution in [0.3, 0.4) is 0 Å². The minimum Gasteiger partial charge on any atom is -0.352 e. The van der Waals surface area contributed by atoms with Crippen molar-refractivity contribution in [2.45, 2.75) is 149 Å². The van der Waals surface area contributed by atoms with E-state index >= 15 is 0 Å². The maximum absolute atomic E-state index is 12.7. The lowest BCUT2D eigenvalue weighted by molar-refractivity contribution is 0.0678. The number of nitrogens with one attached hydrogen (secondary N) is 3. The zero-order chi connectivity index (χ0) is 100. The summed E-state index contributed by atoms with van der Waals surface area (Å²) in [7, 11) is 5.67. The fraction of sp³-hybridized carbons (Fsp3) is 0.252. The first kappa shape index (κ1) is 107. The molecule has 6 amide bonds. The van der Waals surface area contributed by atoms with Crippen LogP contribution in [0.5, 0.6) is 0 Å². The van der Waals surface area contributed by atoms with E-state index < -0.39 is 0 Å². The molecule has 2 fully saturated rings. The molecule has 0 atom stereocenters. The quantitative estimate of drug-likeness (QED) is 0.0371. The second-order valence-corrected chi connectivity index (χ2v) is 36.0. The van der Waals surface area contributed by atoms with Gasteiger partial charge in [0.25, 0.3) is 35.4 Å². The highest BCUT2D eigenvalue weighted by molar-refractivity contribution is 5.97. The number of allylic oxidation sites excluding steroid dienone is 1. The minimum absolute atomic E-state index is 0.0168. The van der Waals surface area contributed by atoms with Crippen molar-refractivity contribution in [1.29, 1.82) is 0 Å². The van der Waals surface area contributed by atoms with E-state index in [0.717, 1.165) is 161 Å². The highest BCUT2D eigenvalue weighted by Gasteiger charge is 2.26. The van der Waals surface area contributed by atoms with Crippen LogP contribution in [0.4, 0.5) is 0 Å². The summed E-state index contributed by atoms with van der Waals surface area (Å²) in [4.78, 5) is 79.3. The van der Waals surface area contributed by atoms with Gasteiger partial charge in [-0.05, 0) is 326 Å². The van der Waals surface area contributed by atoms with E-state index in [1.54, 1.807) is 4.90 Å². The summed E-state index contributed by atoms with van der Waals surface area (Å²) >= 11 is 0. The highest BCUT2D eigenvalue weighted by Crippen LogP contribution is 2.29. The van der Waals surface area contributed by atoms with Crippen LogP contribution in [-0.2, 0) is 6.42 Å². The molecular formula is C131H132N6O6. The van der Waals surface area contributed by atoms with Gasteiger partial charge >= 0.3 is 0 Å². The molecule has 0 radical (unpaired) electrons. The Kier molecular flexibility index (Phi) is 45.9. The first-order valence-corrected chi connectivity index (χ1v) is 50.3. The molecule has 13 aromatic carbocycles. The topological polar surface area (TPSA) is 148 Å². The second-order valence-electron chi connectivity index (χ2n) is 36.0. The molecule has 722 valence electrons. The molecule has 12 nitrogen and oxygen atoms in total. The number of hydrogen-bond acceptors (Lipinski definition) is 6. The number of benzene rings is 13. The van der Waals surface area contributed by atoms with E-state index in [0.29, 0.717) is 40.8 Å². The number of carbonyl (C=O) groups excluding carboxylic acids is 6. The average Bonchev–Trinajstić information content (AvgIpc) is 0.838. The third-order valence-electron chi connectivity index (χ3n) is 24.8. The van der Waals surface area contributed by atoms with Crippen LogP contribution >= 0.6 is 0 Å². The van der Waals surface area contributed by atoms with Crippen LogP contribution in [0, 0.1) is 82.9 Å². The number of nitrogens with zero attached hydrogens (tertiary/aromatic N) is 3. The van der Waals surface area contributed by atoms with Crippen LogP contribution in [0.15, 0.2) is 370 Å². The third-order valence-corrected chi connectivity index (χ3v) is 24.8. The Morgan fingerprint density at radius 3 is 0.902 bits per heavy atom. The first-order valence-electron chi connectivity index (χ1n) is 50.3. The molecule has 0 heterocycles. The number of carbonyl (C=O) groups is 6. The normalized spacial score (nSPS) is 12.9. The van der Waals surface area contributed by atoms with Gasteiger partial charge in [0, 0.05) is 160 Å². The second kappa shape index (κ2) is 61.3. The maximum atomic E-state index is 12.7. The van der Waals surface area contributed by atoms with E-state index in [1.807, 2.05) is 377 Å². The summed E-state index contributed by atoms with van der Waals surface area (Å²) in [5.74, 6) is 39.1. The Balaban J connectivity index is 0.000000164. The molecule has 2 saturated carbocycles. The van der Waals surface area contributed by atoms with Gasteiger partial charge in [-0.1, -0.05) is 275 Å². The molecule has 0 aliphatic heterocycles. The summed E-state index contributed by atoms with van der Waals surface area (Å²) in [6, 6.07) is 115. The van der Waals surface area contributed by atoms with Gasteiger partial charge in [0.2, 0.25) is 0 Å². The van der Waals surface area contributed by atoms with Gasteiger partial charge in [0.05, 0.1) is 0 Å². The molecule has 0 spiro atoms. The van der Waals surface area contributed by atoms with Gasteiger partial charge in [0.1, 0.15) is 0 Å². The highest BCUT2D eigenvalue weighted by atomic mass is 16.2. The number of hydrogen-bond donors (Lipinski definition) is 3. The lowest BCUT2D eigenvalue weighted by Gasteiger charge is -2.33. The van der Waals surface area contributed by atoms with Crippen LogP contribution in [0.1, 0.15) is 271 Å². The van der Waals surface area contributed by atoms with Crippen LogP contribution in [0.25, 0.3) is 0 Å². The molecule has 0 unspecified atom stereocenters. The molecule has 3 aliphatic carbocycles. The number of amides is 6. The third kappa shape index (κ3) is 39.5. The monoisotopic (exact) mass is 1890 g/mol. The Morgan fingerprint density at radius 2 is 0.580 bits per heavy atom. The molecular weight excluding hydrogens is 1750 g/mol. The molecule has 0 aromatic heterocycles. The molecule has 143 heavy (non-hydrogen) atoms. The van der Waals surface area contributed by atoms with Crippen molar-refractivity contribution in [3.63, 3.8) is 0 Å². The fourth-order valence-electron chi connectivity index (χ4n) is 16.0. The van der Waals surface area contributed by atoms with Crippen LogP contribution in [-0.4, -0.2) is 110 Å². The Hall–Kier alpha value is -16.2. The minimum atomic E-state index is -0.0569. The van der Waals surface area contributed by atoms with Crippen molar-refractivity contribution >= 4 is 35.4 Å². The predicted molar refractivity (Wildman–Crippen MR) is 585 cm³/mol. The van der Waals surface area contributed by atoms with Gasteiger partial charge in [0.15, 0.2) is 0 Å². The van der Waals surface area contributed by atoms with Crippen molar-refractivity contribution < 1.29 is 28.8 Å². The van der Waals surface area contributed by atoms with E-state index in [4.69, 9.17) is 0 Å². The maximum Gasteiger partial charge on any atom is 0.253 e. The SMILES string of the molecule is CC1CCC(N(C)C(=O)c2ccc(C#Cc3ccccc3)cc2)CC1.CCCCN(C)C(=O)c1ccc(C#Cc2ccccc2)cc1.CCCCNC(=O)c1ccc(C#Cc2ccccc2)cc1.CN(CCC1=CCCCC1)C(=O)c1ccc(C#Cc2ccccc2)cc1.O=C(NCC1CCCCC1)c1ccc(C#Cc2ccccc2)cc1.O=C(NCCc1ccccc1)c1ccc(C#Cc2ccccc2)cc1. The Morgan fingerprint density at radius 1 is 0.287 bits per heavy atom. The molecule has 12 heteroatoms. The molecule has 3 N–H and O–H groups in total. The van der Waals surface area contributed by atoms with Gasteiger partial charge in [-0.25, -0.2) is 0 Å². The summed E-state index contributed by atoms with van der Waals surface area (Å²) < 4.78 is 0. The predicted octanol–water partition coefficient (Wildman–Crippen LogP) is 25.8. The van der Waals surface area contributed by atoms with E-state index in [-0.39, 0.29) is 35.4 Å². The first-order chi connectivity index (χ1) is 70.0. The Bertz CT molecular complexity index is 6550. The molecule has 13 aromatic rings. The molecule has 0 bridgehead atoms. The molecule has 16 rings (SSSR count). The molecule has 0 saturated heterocycles. The fourth-order valence-corrected chi connectivity index (χ4v) is 16.0. The van der Waals surface area contributed by atoms with Crippen molar-refractivity contribution in [2.24, 2.45) is 11.8 Å². The smallest absolute Gasteiger partial charge is 0.253 e. The molecule has 3 aliphatic rings. The van der Waals surface area contributed by atoms with Gasteiger partial charge < -0.3 is 30.7 Å². The van der Waals surface area contributed by atoms with Crippen molar-refractivity contribution in [1.82, 2.24) is 30.7 Å². The van der Waals surface area contributed by atoms with E-state index in [1.165, 1.54) is 81.8 Å². The van der Waals surface area contributed by atoms with E-state index in [9.17, 15) is 28.8 Å². The zero-order valence-corrected chi connectivity index (χ0v) is 83.6. The van der Waals surface area contributed by atoms with Crippen molar-refractivity contribution in [3.05, 3.63) is 475 Å². The lowest BCUT2D eigenvalue weighted by Crippen LogP contribution is -2.39. The number of unbranched alkanes of at least 4 members (excludes halogenated alkanes) is 2. The standard InChI is InChI=1S/C24H25NO.C23H25NO.C23H19NO.C22H23NO.C20H21NO.C19H19NO/c1-25(19-18-21-10-6-3-7-11-21)24(26)23-16-14-22(15-17-23)13-12-20-8-4-2-5-9-20;1-18-8-16-22(17-9-18)24(2)23(25)21-14-12-20(13-15-21)11-10-19-6-4-3-5-7-19;25-23(24-18-17-20-9-5-2-6-10-20)22-15-13-21(14-16-22)12-11-19-7-3-1-4-8-19;24-22(23-17-20-9-5-2-6-10-20)21-15-13-19(14-16-21)12-11-18-7-3-1-4-8-18;1-3-4-16-21(2)20(22)19-14-12-18(13-15-19)11-10-17-8-6-5-7-9-17;1-2-3-15-20-19(21)18-13-11-17(12-14-18)10-9-16-7-5-4-6-8-16/h2,4-5,8-10,14-17H,3,6-7,11,18-19H2,1H3;3-7,12-15,18,22H,8-9,16-17H2,1-2H3;1-10,13-16H,17-18H2,(H,24,25);1,3-4,7-8,13-16,20H,2,5-6,9-10,17H2,(H,23,24);5-9,12-15H,3-4,16H2,1-2H3;4-8,11-14H,2-3,15H2,1H3,(H,20,21). The Labute approximate surface area is 850 Å². The van der Waals surface area contributed by atoms with Crippen LogP contribution in [0.2, 0.25) is 0 Å². The summed E-state index contributed by atoms with van der Waals surface area (Å²) in [6.07, 6.45) is 24.4. The van der Waals surface area contributed by atoms with Gasteiger partial charge in [-0.3, -0.25) is 28.8 Å². The van der Waals surface area contributed by atoms with Gasteiger partial charge in [-0.15, -0.1) is 0 Å². The van der Waals surface area contributed by atoms with Crippen molar-refractivity contribution in [3.8, 4) is 71.0 Å². The lowest BCUT2D eigenvalue weighted by atomic mass is 9.86. The largest absolute Gasteiger partial charge is 0.352 e. The zero-order valence-electron chi connectivity index (χ0n) is 83.6. The van der Waals surface area contributed by atoms with E-state index in [2.05, 4.69) is 126 Å². The van der Waals surface area contributed by atoms with Gasteiger partial charge in [-0.2, -0.15) is 0 Å². The number of rotatable bonds is 21. The average molecular weight is 1890 g/mol. The summed E-state index contributed by atoms with van der Waals surface area (Å²) in [6.45, 7) is 10.3. The van der Waals surface area contributed by atoms with Crippen LogP contribution < -0.4 is 16.0 Å².